The third-order valence-corrected chi connectivity index (χ3v) is 8.48. The normalized spacial score (nSPS) is 15.0. The van der Waals surface area contributed by atoms with Gasteiger partial charge in [-0.2, -0.15) is 0 Å². The molecule has 1 aliphatic heterocycles. The highest BCUT2D eigenvalue weighted by atomic mass is 79.9. The molecule has 0 saturated heterocycles. The Morgan fingerprint density at radius 2 is 1.73 bits per heavy atom. The molecule has 3 aromatic carbocycles. The Morgan fingerprint density at radius 3 is 2.42 bits per heavy atom. The molecule has 5 rings (SSSR count). The topological polar surface area (TPSA) is 69.9 Å². The molecular formula is C31H26Br2N2O4S. The second-order valence-corrected chi connectivity index (χ2v) is 12.2. The summed E-state index contributed by atoms with van der Waals surface area (Å²) in [6.45, 7) is 6.15. The van der Waals surface area contributed by atoms with Gasteiger partial charge in [-0.15, -0.1) is 0 Å². The molecule has 0 fully saturated rings. The van der Waals surface area contributed by atoms with Gasteiger partial charge in [-0.25, -0.2) is 9.79 Å². The molecule has 2 heterocycles. The van der Waals surface area contributed by atoms with Gasteiger partial charge in [0.15, 0.2) is 4.80 Å². The fourth-order valence-corrected chi connectivity index (χ4v) is 6.18. The maximum atomic E-state index is 14.0. The smallest absolute Gasteiger partial charge is 0.338 e. The number of aryl methyl sites for hydroxylation is 1. The minimum atomic E-state index is -0.645. The van der Waals surface area contributed by atoms with Gasteiger partial charge in [0.25, 0.3) is 5.56 Å². The van der Waals surface area contributed by atoms with E-state index in [9.17, 15) is 9.59 Å². The van der Waals surface area contributed by atoms with Crippen LogP contribution in [0.2, 0.25) is 0 Å². The molecule has 1 aliphatic rings. The SMILES string of the molecule is CCOC(=O)C1=C(C)N=c2s/c(=C/c3cc(Br)ccc3OCc3ccc(Br)cc3)c(=O)n2[C@@H]1c1ccc(C)cc1. The van der Waals surface area contributed by atoms with Crippen LogP contribution in [0.4, 0.5) is 0 Å². The molecular weight excluding hydrogens is 656 g/mol. The van der Waals surface area contributed by atoms with E-state index in [1.54, 1.807) is 18.4 Å². The molecule has 0 spiro atoms. The largest absolute Gasteiger partial charge is 0.488 e. The van der Waals surface area contributed by atoms with E-state index >= 15 is 0 Å². The Labute approximate surface area is 252 Å². The van der Waals surface area contributed by atoms with E-state index < -0.39 is 12.0 Å². The number of carbonyl (C=O) groups is 1. The lowest BCUT2D eigenvalue weighted by Gasteiger charge is -2.24. The Bertz CT molecular complexity index is 1790. The summed E-state index contributed by atoms with van der Waals surface area (Å²) in [6, 6.07) is 20.8. The summed E-state index contributed by atoms with van der Waals surface area (Å²) in [4.78, 5) is 32.2. The summed E-state index contributed by atoms with van der Waals surface area (Å²) in [5.74, 6) is 0.176. The van der Waals surface area contributed by atoms with Crippen molar-refractivity contribution in [2.75, 3.05) is 6.61 Å². The maximum absolute atomic E-state index is 14.0. The van der Waals surface area contributed by atoms with Gasteiger partial charge in [-0.05, 0) is 68.3 Å². The summed E-state index contributed by atoms with van der Waals surface area (Å²) in [5.41, 5.74) is 4.35. The van der Waals surface area contributed by atoms with E-state index in [1.807, 2.05) is 79.7 Å². The molecule has 0 amide bonds. The lowest BCUT2D eigenvalue weighted by atomic mass is 9.95. The molecule has 0 bridgehead atoms. The number of halogens is 2. The lowest BCUT2D eigenvalue weighted by Crippen LogP contribution is -2.39. The van der Waals surface area contributed by atoms with Crippen molar-refractivity contribution in [3.63, 3.8) is 0 Å². The standard InChI is InChI=1S/C31H26Br2N2O4S/c1-4-38-30(37)27-19(3)34-31-35(28(27)21-9-5-18(2)6-10-21)29(36)26(40-31)16-22-15-24(33)13-14-25(22)39-17-20-7-11-23(32)12-8-20/h5-16,28H,4,17H2,1-3H3/b26-16+/t28-/m1/s1. The zero-order valence-corrected chi connectivity index (χ0v) is 26.1. The second kappa shape index (κ2) is 12.1. The number of hydrogen-bond acceptors (Lipinski definition) is 6. The first-order chi connectivity index (χ1) is 19.2. The monoisotopic (exact) mass is 680 g/mol. The van der Waals surface area contributed by atoms with Crippen LogP contribution in [0, 0.1) is 6.92 Å². The minimum Gasteiger partial charge on any atom is -0.488 e. The number of allylic oxidation sites excluding steroid dienone is 1. The Morgan fingerprint density at radius 1 is 1.02 bits per heavy atom. The Kier molecular flexibility index (Phi) is 8.54. The quantitative estimate of drug-likeness (QED) is 0.218. The molecule has 6 nitrogen and oxygen atoms in total. The van der Waals surface area contributed by atoms with Crippen LogP contribution < -0.4 is 19.6 Å². The van der Waals surface area contributed by atoms with E-state index in [2.05, 4.69) is 36.9 Å². The molecule has 1 aromatic heterocycles. The average Bonchev–Trinajstić information content (AvgIpc) is 3.23. The third-order valence-electron chi connectivity index (χ3n) is 6.48. The summed E-state index contributed by atoms with van der Waals surface area (Å²) in [5, 5.41) is 0. The summed E-state index contributed by atoms with van der Waals surface area (Å²) in [6.07, 6.45) is 1.82. The number of aromatic nitrogens is 1. The lowest BCUT2D eigenvalue weighted by molar-refractivity contribution is -0.139. The van der Waals surface area contributed by atoms with Crippen LogP contribution >= 0.6 is 43.2 Å². The van der Waals surface area contributed by atoms with Gasteiger partial charge in [0.1, 0.15) is 12.4 Å². The fourth-order valence-electron chi connectivity index (χ4n) is 4.50. The maximum Gasteiger partial charge on any atom is 0.338 e. The van der Waals surface area contributed by atoms with Crippen molar-refractivity contribution in [2.24, 2.45) is 4.99 Å². The molecule has 40 heavy (non-hydrogen) atoms. The van der Waals surface area contributed by atoms with Crippen molar-refractivity contribution in [3.05, 3.63) is 129 Å². The van der Waals surface area contributed by atoms with E-state index in [0.717, 1.165) is 31.2 Å². The van der Waals surface area contributed by atoms with Crippen LogP contribution in [-0.4, -0.2) is 17.1 Å². The van der Waals surface area contributed by atoms with E-state index in [4.69, 9.17) is 9.47 Å². The average molecular weight is 682 g/mol. The van der Waals surface area contributed by atoms with Crippen molar-refractivity contribution in [3.8, 4) is 5.75 Å². The van der Waals surface area contributed by atoms with Crippen LogP contribution in [0.15, 0.2) is 96.7 Å². The number of carbonyl (C=O) groups excluding carboxylic acids is 1. The van der Waals surface area contributed by atoms with Crippen LogP contribution in [-0.2, 0) is 16.1 Å². The van der Waals surface area contributed by atoms with Crippen LogP contribution in [0.5, 0.6) is 5.75 Å². The highest BCUT2D eigenvalue weighted by Gasteiger charge is 2.33. The predicted octanol–water partition coefficient (Wildman–Crippen LogP) is 6.21. The van der Waals surface area contributed by atoms with E-state index in [-0.39, 0.29) is 12.2 Å². The van der Waals surface area contributed by atoms with Crippen molar-refractivity contribution in [1.29, 1.82) is 0 Å². The molecule has 4 aromatic rings. The number of esters is 1. The van der Waals surface area contributed by atoms with Gasteiger partial charge in [0.05, 0.1) is 28.5 Å². The molecule has 204 valence electrons. The second-order valence-electron chi connectivity index (χ2n) is 9.31. The van der Waals surface area contributed by atoms with Gasteiger partial charge < -0.3 is 9.47 Å². The summed E-state index contributed by atoms with van der Waals surface area (Å²) in [7, 11) is 0. The molecule has 0 aliphatic carbocycles. The molecule has 0 unspecified atom stereocenters. The minimum absolute atomic E-state index is 0.229. The fraction of sp³-hybridized carbons (Fsp3) is 0.194. The van der Waals surface area contributed by atoms with Crippen LogP contribution in [0.1, 0.15) is 42.1 Å². The first-order valence-corrected chi connectivity index (χ1v) is 15.1. The number of benzene rings is 3. The van der Waals surface area contributed by atoms with Crippen molar-refractivity contribution < 1.29 is 14.3 Å². The summed E-state index contributed by atoms with van der Waals surface area (Å²) < 4.78 is 15.5. The zero-order valence-electron chi connectivity index (χ0n) is 22.1. The van der Waals surface area contributed by atoms with Gasteiger partial charge in [0.2, 0.25) is 0 Å². The number of hydrogen-bond donors (Lipinski definition) is 0. The van der Waals surface area contributed by atoms with E-state index in [1.165, 1.54) is 11.3 Å². The van der Waals surface area contributed by atoms with Crippen LogP contribution in [0.25, 0.3) is 6.08 Å². The first-order valence-electron chi connectivity index (χ1n) is 12.7. The van der Waals surface area contributed by atoms with Crippen molar-refractivity contribution in [1.82, 2.24) is 4.57 Å². The Balaban J connectivity index is 1.61. The number of fused-ring (bicyclic) bond motifs is 1. The third kappa shape index (κ3) is 5.92. The van der Waals surface area contributed by atoms with Gasteiger partial charge in [0, 0.05) is 14.5 Å². The van der Waals surface area contributed by atoms with Crippen molar-refractivity contribution >= 4 is 55.2 Å². The molecule has 9 heteroatoms. The summed E-state index contributed by atoms with van der Waals surface area (Å²) >= 11 is 8.29. The molecule has 1 atom stereocenters. The molecule has 0 radical (unpaired) electrons. The van der Waals surface area contributed by atoms with E-state index in [0.29, 0.717) is 33.0 Å². The number of nitrogens with zero attached hydrogens (tertiary/aromatic N) is 2. The number of ether oxygens (including phenoxy) is 2. The van der Waals surface area contributed by atoms with Gasteiger partial charge >= 0.3 is 5.97 Å². The van der Waals surface area contributed by atoms with Crippen molar-refractivity contribution in [2.45, 2.75) is 33.4 Å². The zero-order chi connectivity index (χ0) is 28.4. The molecule has 0 saturated carbocycles. The van der Waals surface area contributed by atoms with Gasteiger partial charge in [-0.1, -0.05) is 85.2 Å². The highest BCUT2D eigenvalue weighted by molar-refractivity contribution is 9.10. The number of rotatable bonds is 7. The van der Waals surface area contributed by atoms with Gasteiger partial charge in [-0.3, -0.25) is 9.36 Å². The Hall–Kier alpha value is -3.27. The molecule has 0 N–H and O–H groups in total. The number of thiazole rings is 1. The predicted molar refractivity (Wildman–Crippen MR) is 164 cm³/mol. The first kappa shape index (κ1) is 28.3. The highest BCUT2D eigenvalue weighted by Crippen LogP contribution is 2.31. The van der Waals surface area contributed by atoms with Crippen LogP contribution in [0.3, 0.4) is 0 Å².